The normalized spacial score (nSPS) is 15.8. The molecule has 1 saturated heterocycles. The van der Waals surface area contributed by atoms with Crippen LogP contribution in [0, 0.1) is 0 Å². The van der Waals surface area contributed by atoms with E-state index in [1.165, 1.54) is 17.1 Å². The first-order chi connectivity index (χ1) is 14.0. The number of anilines is 1. The zero-order valence-corrected chi connectivity index (χ0v) is 17.7. The van der Waals surface area contributed by atoms with Gasteiger partial charge in [0.05, 0.1) is 4.90 Å². The zero-order valence-electron chi connectivity index (χ0n) is 16.1. The van der Waals surface area contributed by atoms with Gasteiger partial charge in [0, 0.05) is 60.5 Å². The van der Waals surface area contributed by atoms with Crippen LogP contribution in [0.4, 0.5) is 5.69 Å². The highest BCUT2D eigenvalue weighted by atomic mass is 35.5. The number of fused-ring (bicyclic) bond motifs is 1. The number of H-pyrrole nitrogens is 1. The van der Waals surface area contributed by atoms with Crippen LogP contribution in [-0.4, -0.2) is 57.6 Å². The van der Waals surface area contributed by atoms with E-state index in [1.54, 1.807) is 18.2 Å². The monoisotopic (exact) mass is 432 g/mol. The fourth-order valence-corrected chi connectivity index (χ4v) is 5.16. The highest BCUT2D eigenvalue weighted by molar-refractivity contribution is 7.89. The second kappa shape index (κ2) is 8.75. The molecule has 29 heavy (non-hydrogen) atoms. The first-order valence-electron chi connectivity index (χ1n) is 9.81. The lowest BCUT2D eigenvalue weighted by Crippen LogP contribution is -2.47. The lowest BCUT2D eigenvalue weighted by molar-refractivity contribution is 0.255. The van der Waals surface area contributed by atoms with Gasteiger partial charge in [0.15, 0.2) is 0 Å². The Bertz CT molecular complexity index is 1070. The molecule has 0 unspecified atom stereocenters. The summed E-state index contributed by atoms with van der Waals surface area (Å²) in [5.74, 6) is 0. The predicted molar refractivity (Wildman–Crippen MR) is 118 cm³/mol. The van der Waals surface area contributed by atoms with Crippen molar-refractivity contribution in [2.45, 2.75) is 11.3 Å². The lowest BCUT2D eigenvalue weighted by Gasteiger charge is -2.36. The summed E-state index contributed by atoms with van der Waals surface area (Å²) in [5.41, 5.74) is 2.44. The number of sulfonamides is 1. The Morgan fingerprint density at radius 3 is 2.62 bits per heavy atom. The van der Waals surface area contributed by atoms with E-state index in [9.17, 15) is 8.42 Å². The summed E-state index contributed by atoms with van der Waals surface area (Å²) in [7, 11) is -3.51. The Balaban J connectivity index is 1.24. The van der Waals surface area contributed by atoms with Gasteiger partial charge in [-0.1, -0.05) is 23.7 Å². The van der Waals surface area contributed by atoms with E-state index in [-0.39, 0.29) is 4.90 Å². The molecule has 0 saturated carbocycles. The molecule has 8 heteroatoms. The molecule has 2 heterocycles. The average Bonchev–Trinajstić information content (AvgIpc) is 3.21. The highest BCUT2D eigenvalue weighted by Gasteiger charge is 2.19. The summed E-state index contributed by atoms with van der Waals surface area (Å²) < 4.78 is 27.3. The minimum Gasteiger partial charge on any atom is -0.368 e. The molecule has 3 aromatic rings. The van der Waals surface area contributed by atoms with E-state index in [0.29, 0.717) is 11.6 Å². The fourth-order valence-electron chi connectivity index (χ4n) is 3.78. The number of piperazine rings is 1. The van der Waals surface area contributed by atoms with E-state index in [1.807, 2.05) is 6.20 Å². The Morgan fingerprint density at radius 2 is 1.83 bits per heavy atom. The van der Waals surface area contributed by atoms with E-state index in [0.717, 1.165) is 44.7 Å². The van der Waals surface area contributed by atoms with Crippen molar-refractivity contribution in [2.75, 3.05) is 44.2 Å². The van der Waals surface area contributed by atoms with Crippen molar-refractivity contribution in [3.05, 3.63) is 59.8 Å². The molecular weight excluding hydrogens is 408 g/mol. The van der Waals surface area contributed by atoms with Crippen LogP contribution in [0.25, 0.3) is 10.9 Å². The van der Waals surface area contributed by atoms with Crippen molar-refractivity contribution in [3.8, 4) is 0 Å². The van der Waals surface area contributed by atoms with E-state index in [4.69, 9.17) is 11.6 Å². The molecule has 1 aliphatic rings. The van der Waals surface area contributed by atoms with Crippen LogP contribution in [0.3, 0.4) is 0 Å². The zero-order chi connectivity index (χ0) is 20.3. The molecule has 6 nitrogen and oxygen atoms in total. The molecule has 0 aliphatic carbocycles. The van der Waals surface area contributed by atoms with Crippen molar-refractivity contribution >= 4 is 38.2 Å². The minimum absolute atomic E-state index is 0.206. The van der Waals surface area contributed by atoms with Crippen LogP contribution in [0.5, 0.6) is 0 Å². The van der Waals surface area contributed by atoms with Crippen molar-refractivity contribution in [1.29, 1.82) is 0 Å². The molecule has 2 N–H and O–H groups in total. The average molecular weight is 433 g/mol. The SMILES string of the molecule is O=S(=O)(NCCCN1CCN(c2cccc3[nH]ccc23)CC1)c1cccc(Cl)c1. The summed E-state index contributed by atoms with van der Waals surface area (Å²) in [4.78, 5) is 8.29. The van der Waals surface area contributed by atoms with Crippen LogP contribution in [0.15, 0.2) is 59.6 Å². The molecule has 0 bridgehead atoms. The number of rotatable bonds is 7. The maximum Gasteiger partial charge on any atom is 0.240 e. The topological polar surface area (TPSA) is 68.4 Å². The van der Waals surface area contributed by atoms with Crippen LogP contribution >= 0.6 is 11.6 Å². The van der Waals surface area contributed by atoms with Gasteiger partial charge in [-0.2, -0.15) is 0 Å². The van der Waals surface area contributed by atoms with Gasteiger partial charge in [0.2, 0.25) is 10.0 Å². The third-order valence-electron chi connectivity index (χ3n) is 5.33. The maximum absolute atomic E-state index is 12.3. The first-order valence-corrected chi connectivity index (χ1v) is 11.7. The van der Waals surface area contributed by atoms with Crippen LogP contribution < -0.4 is 9.62 Å². The summed E-state index contributed by atoms with van der Waals surface area (Å²) in [6.07, 6.45) is 2.75. The van der Waals surface area contributed by atoms with Gasteiger partial charge in [-0.15, -0.1) is 0 Å². The molecular formula is C21H25ClN4O2S. The predicted octanol–water partition coefficient (Wildman–Crippen LogP) is 3.31. The number of aromatic amines is 1. The lowest BCUT2D eigenvalue weighted by atomic mass is 10.1. The van der Waals surface area contributed by atoms with Crippen LogP contribution in [0.2, 0.25) is 5.02 Å². The number of aromatic nitrogens is 1. The van der Waals surface area contributed by atoms with Gasteiger partial charge in [0.25, 0.3) is 0 Å². The molecule has 0 radical (unpaired) electrons. The van der Waals surface area contributed by atoms with Gasteiger partial charge >= 0.3 is 0 Å². The largest absolute Gasteiger partial charge is 0.368 e. The number of hydrogen-bond donors (Lipinski definition) is 2. The molecule has 1 fully saturated rings. The number of benzene rings is 2. The van der Waals surface area contributed by atoms with Crippen LogP contribution in [0.1, 0.15) is 6.42 Å². The minimum atomic E-state index is -3.51. The summed E-state index contributed by atoms with van der Waals surface area (Å²) in [6.45, 7) is 5.18. The third kappa shape index (κ3) is 4.75. The number of nitrogens with one attached hydrogen (secondary N) is 2. The van der Waals surface area contributed by atoms with Crippen LogP contribution in [-0.2, 0) is 10.0 Å². The molecule has 0 atom stereocenters. The Morgan fingerprint density at radius 1 is 1.03 bits per heavy atom. The number of halogens is 1. The van der Waals surface area contributed by atoms with Gasteiger partial charge in [0.1, 0.15) is 0 Å². The standard InChI is InChI=1S/C21H25ClN4O2S/c22-17-4-1-5-18(16-17)29(27,28)24-9-3-11-25-12-14-26(15-13-25)21-7-2-6-20-19(21)8-10-23-20/h1-2,4-8,10,16,23-24H,3,9,11-15H2. The maximum atomic E-state index is 12.3. The summed E-state index contributed by atoms with van der Waals surface area (Å²) in [6, 6.07) is 14.8. The van der Waals surface area contributed by atoms with Gasteiger partial charge in [-0.3, -0.25) is 4.90 Å². The smallest absolute Gasteiger partial charge is 0.240 e. The van der Waals surface area contributed by atoms with Gasteiger partial charge in [-0.05, 0) is 49.4 Å². The second-order valence-electron chi connectivity index (χ2n) is 7.25. The van der Waals surface area contributed by atoms with E-state index < -0.39 is 10.0 Å². The molecule has 4 rings (SSSR count). The highest BCUT2D eigenvalue weighted by Crippen LogP contribution is 2.26. The molecule has 0 spiro atoms. The second-order valence-corrected chi connectivity index (χ2v) is 9.46. The number of hydrogen-bond acceptors (Lipinski definition) is 4. The Kier molecular flexibility index (Phi) is 6.10. The van der Waals surface area contributed by atoms with E-state index >= 15 is 0 Å². The molecule has 2 aromatic carbocycles. The Labute approximate surface area is 176 Å². The molecule has 0 amide bonds. The summed E-state index contributed by atoms with van der Waals surface area (Å²) in [5, 5.41) is 1.68. The van der Waals surface area contributed by atoms with Gasteiger partial charge < -0.3 is 9.88 Å². The fraction of sp³-hybridized carbons (Fsp3) is 0.333. The molecule has 1 aromatic heterocycles. The first kappa shape index (κ1) is 20.2. The van der Waals surface area contributed by atoms with Crippen molar-refractivity contribution < 1.29 is 8.42 Å². The third-order valence-corrected chi connectivity index (χ3v) is 7.03. The number of nitrogens with zero attached hydrogens (tertiary/aromatic N) is 2. The summed E-state index contributed by atoms with van der Waals surface area (Å²) >= 11 is 5.89. The molecule has 1 aliphatic heterocycles. The van der Waals surface area contributed by atoms with Crippen molar-refractivity contribution in [3.63, 3.8) is 0 Å². The molecule has 154 valence electrons. The van der Waals surface area contributed by atoms with Crippen molar-refractivity contribution in [1.82, 2.24) is 14.6 Å². The van der Waals surface area contributed by atoms with Crippen molar-refractivity contribution in [2.24, 2.45) is 0 Å². The van der Waals surface area contributed by atoms with E-state index in [2.05, 4.69) is 43.8 Å². The quantitative estimate of drug-likeness (QED) is 0.562. The van der Waals surface area contributed by atoms with Gasteiger partial charge in [-0.25, -0.2) is 13.1 Å². The Hall–Kier alpha value is -2.06.